The largest absolute Gasteiger partial charge is 0.496 e. The second-order valence-electron chi connectivity index (χ2n) is 7.03. The number of aliphatic carboxylic acids is 1. The first-order chi connectivity index (χ1) is 13.9. The summed E-state index contributed by atoms with van der Waals surface area (Å²) in [4.78, 5) is 19.7. The fraction of sp³-hybridized carbons (Fsp3) is 0.476. The van der Waals surface area contributed by atoms with Crippen molar-refractivity contribution < 1.29 is 19.7 Å². The predicted octanol–water partition coefficient (Wildman–Crippen LogP) is 2.56. The van der Waals surface area contributed by atoms with Crippen LogP contribution in [0.15, 0.2) is 18.2 Å². The number of rotatable bonds is 11. The lowest BCUT2D eigenvalue weighted by atomic mass is 10.00. The number of benzene rings is 1. The molecule has 0 saturated carbocycles. The summed E-state index contributed by atoms with van der Waals surface area (Å²) in [5.41, 5.74) is 9.10. The van der Waals surface area contributed by atoms with E-state index in [0.717, 1.165) is 29.7 Å². The molecule has 1 aromatic heterocycles. The van der Waals surface area contributed by atoms with Gasteiger partial charge in [0.05, 0.1) is 13.5 Å². The van der Waals surface area contributed by atoms with E-state index in [9.17, 15) is 9.90 Å². The third-order valence-corrected chi connectivity index (χ3v) is 4.76. The molecule has 1 unspecified atom stereocenters. The van der Waals surface area contributed by atoms with Crippen LogP contribution in [0.25, 0.3) is 0 Å². The molecule has 0 bridgehead atoms. The monoisotopic (exact) mass is 402 g/mol. The number of nitrogens with zero attached hydrogens (tertiary/aromatic N) is 2. The van der Waals surface area contributed by atoms with Crippen LogP contribution in [-0.4, -0.2) is 45.9 Å². The fourth-order valence-electron chi connectivity index (χ4n) is 3.35. The summed E-state index contributed by atoms with van der Waals surface area (Å²) in [5, 5.41) is 21.8. The van der Waals surface area contributed by atoms with E-state index < -0.39 is 5.97 Å². The molecular formula is C21H30N4O4. The molecule has 158 valence electrons. The summed E-state index contributed by atoms with van der Waals surface area (Å²) in [6, 6.07) is 5.49. The first-order valence-electron chi connectivity index (χ1n) is 9.75. The van der Waals surface area contributed by atoms with Gasteiger partial charge in [-0.15, -0.1) is 0 Å². The summed E-state index contributed by atoms with van der Waals surface area (Å²) in [7, 11) is 1.56. The minimum absolute atomic E-state index is 0.0622. The van der Waals surface area contributed by atoms with Gasteiger partial charge in [0.2, 0.25) is 5.95 Å². The Balaban J connectivity index is 2.38. The van der Waals surface area contributed by atoms with E-state index in [0.29, 0.717) is 30.0 Å². The third kappa shape index (κ3) is 6.32. The Morgan fingerprint density at radius 2 is 2.07 bits per heavy atom. The average molecular weight is 402 g/mol. The van der Waals surface area contributed by atoms with Crippen LogP contribution in [0.1, 0.15) is 48.6 Å². The van der Waals surface area contributed by atoms with Crippen LogP contribution in [0.2, 0.25) is 0 Å². The van der Waals surface area contributed by atoms with Crippen LogP contribution < -0.4 is 15.8 Å². The molecule has 2 aromatic rings. The molecule has 8 heteroatoms. The molecule has 5 N–H and O–H groups in total. The van der Waals surface area contributed by atoms with Crippen molar-refractivity contribution in [3.63, 3.8) is 0 Å². The Morgan fingerprint density at radius 3 is 2.69 bits per heavy atom. The number of carboxylic acids is 1. The number of methoxy groups -OCH3 is 1. The number of nitrogen functional groups attached to an aromatic ring is 1. The maximum absolute atomic E-state index is 11.0. The molecule has 1 atom stereocenters. The number of aryl methyl sites for hydroxylation is 1. The van der Waals surface area contributed by atoms with E-state index >= 15 is 0 Å². The van der Waals surface area contributed by atoms with Gasteiger partial charge >= 0.3 is 5.97 Å². The highest BCUT2D eigenvalue weighted by Crippen LogP contribution is 2.28. The molecule has 1 heterocycles. The van der Waals surface area contributed by atoms with E-state index in [1.54, 1.807) is 19.2 Å². The van der Waals surface area contributed by atoms with Crippen molar-refractivity contribution in [2.45, 2.75) is 52.0 Å². The lowest BCUT2D eigenvalue weighted by molar-refractivity contribution is -0.136. The van der Waals surface area contributed by atoms with Crippen LogP contribution in [0.5, 0.6) is 5.75 Å². The summed E-state index contributed by atoms with van der Waals surface area (Å²) in [5.74, 6) is 0.571. The van der Waals surface area contributed by atoms with Gasteiger partial charge in [0, 0.05) is 30.3 Å². The number of hydrogen-bond acceptors (Lipinski definition) is 7. The first-order valence-corrected chi connectivity index (χ1v) is 9.75. The average Bonchev–Trinajstić information content (AvgIpc) is 2.65. The SMILES string of the molecule is CCCC(CCO)Nc1nc(N)nc(C)c1Cc1ccc(CC(=O)O)cc1OC. The van der Waals surface area contributed by atoms with Gasteiger partial charge in [0.15, 0.2) is 0 Å². The van der Waals surface area contributed by atoms with E-state index in [1.807, 2.05) is 13.0 Å². The summed E-state index contributed by atoms with van der Waals surface area (Å²) in [6.45, 7) is 4.06. The molecule has 0 aliphatic carbocycles. The van der Waals surface area contributed by atoms with Crippen molar-refractivity contribution in [2.75, 3.05) is 24.8 Å². The van der Waals surface area contributed by atoms with Crippen LogP contribution in [-0.2, 0) is 17.6 Å². The van der Waals surface area contributed by atoms with E-state index in [-0.39, 0.29) is 25.0 Å². The van der Waals surface area contributed by atoms with Crippen molar-refractivity contribution in [1.29, 1.82) is 0 Å². The van der Waals surface area contributed by atoms with Gasteiger partial charge in [-0.3, -0.25) is 4.79 Å². The molecule has 0 fully saturated rings. The van der Waals surface area contributed by atoms with Gasteiger partial charge in [-0.2, -0.15) is 4.98 Å². The van der Waals surface area contributed by atoms with E-state index in [4.69, 9.17) is 15.6 Å². The Hall–Kier alpha value is -2.87. The Labute approximate surface area is 171 Å². The lowest BCUT2D eigenvalue weighted by Gasteiger charge is -2.21. The highest BCUT2D eigenvalue weighted by atomic mass is 16.5. The van der Waals surface area contributed by atoms with Crippen molar-refractivity contribution in [1.82, 2.24) is 9.97 Å². The number of carbonyl (C=O) groups is 1. The summed E-state index contributed by atoms with van der Waals surface area (Å²) in [6.07, 6.45) is 2.93. The summed E-state index contributed by atoms with van der Waals surface area (Å²) < 4.78 is 5.49. The van der Waals surface area contributed by atoms with Crippen molar-refractivity contribution >= 4 is 17.7 Å². The second kappa shape index (κ2) is 10.6. The molecule has 1 aromatic carbocycles. The minimum atomic E-state index is -0.889. The lowest BCUT2D eigenvalue weighted by Crippen LogP contribution is -2.23. The highest BCUT2D eigenvalue weighted by molar-refractivity contribution is 5.70. The van der Waals surface area contributed by atoms with E-state index in [1.165, 1.54) is 0 Å². The number of aliphatic hydroxyl groups is 1. The van der Waals surface area contributed by atoms with Gasteiger partial charge in [0.1, 0.15) is 11.6 Å². The first kappa shape index (κ1) is 22.4. The maximum atomic E-state index is 11.0. The maximum Gasteiger partial charge on any atom is 0.307 e. The zero-order valence-electron chi connectivity index (χ0n) is 17.2. The molecule has 0 radical (unpaired) electrons. The summed E-state index contributed by atoms with van der Waals surface area (Å²) >= 11 is 0. The number of nitrogens with one attached hydrogen (secondary N) is 1. The Bertz CT molecular complexity index is 836. The zero-order chi connectivity index (χ0) is 21.4. The van der Waals surface area contributed by atoms with Crippen LogP contribution in [0, 0.1) is 6.92 Å². The quantitative estimate of drug-likeness (QED) is 0.451. The van der Waals surface area contributed by atoms with Gasteiger partial charge < -0.3 is 26.0 Å². The highest BCUT2D eigenvalue weighted by Gasteiger charge is 2.17. The van der Waals surface area contributed by atoms with Crippen LogP contribution >= 0.6 is 0 Å². The van der Waals surface area contributed by atoms with Crippen molar-refractivity contribution in [3.05, 3.63) is 40.6 Å². The normalized spacial score (nSPS) is 11.9. The molecule has 0 aliphatic rings. The Kier molecular flexibility index (Phi) is 8.21. The molecule has 0 saturated heterocycles. The predicted molar refractivity (Wildman–Crippen MR) is 112 cm³/mol. The standard InChI is InChI=1S/C21H30N4O4/c1-4-5-16(8-9-26)24-20-17(13(2)23-21(22)25-20)12-15-7-6-14(11-19(27)28)10-18(15)29-3/h6-7,10,16,26H,4-5,8-9,11-12H2,1-3H3,(H,27,28)(H3,22,23,24,25). The molecule has 8 nitrogen and oxygen atoms in total. The molecule has 0 amide bonds. The number of carboxylic acid groups (broad SMARTS) is 1. The Morgan fingerprint density at radius 1 is 1.31 bits per heavy atom. The van der Waals surface area contributed by atoms with Gasteiger partial charge in [0.25, 0.3) is 0 Å². The fourth-order valence-corrected chi connectivity index (χ4v) is 3.35. The minimum Gasteiger partial charge on any atom is -0.496 e. The van der Waals surface area contributed by atoms with Gasteiger partial charge in [-0.05, 0) is 37.0 Å². The molecule has 2 rings (SSSR count). The number of anilines is 2. The van der Waals surface area contributed by atoms with Crippen molar-refractivity contribution in [3.8, 4) is 5.75 Å². The van der Waals surface area contributed by atoms with Gasteiger partial charge in [-0.1, -0.05) is 25.5 Å². The smallest absolute Gasteiger partial charge is 0.307 e. The number of hydrogen-bond donors (Lipinski definition) is 4. The van der Waals surface area contributed by atoms with Crippen LogP contribution in [0.3, 0.4) is 0 Å². The molecule has 0 spiro atoms. The number of aromatic nitrogens is 2. The number of aliphatic hydroxyl groups excluding tert-OH is 1. The van der Waals surface area contributed by atoms with Gasteiger partial charge in [-0.25, -0.2) is 4.98 Å². The molecule has 29 heavy (non-hydrogen) atoms. The topological polar surface area (TPSA) is 131 Å². The number of ether oxygens (including phenoxy) is 1. The molecule has 0 aliphatic heterocycles. The van der Waals surface area contributed by atoms with Crippen LogP contribution in [0.4, 0.5) is 11.8 Å². The number of nitrogens with two attached hydrogens (primary N) is 1. The second-order valence-corrected chi connectivity index (χ2v) is 7.03. The molecular weight excluding hydrogens is 372 g/mol. The zero-order valence-corrected chi connectivity index (χ0v) is 17.2. The van der Waals surface area contributed by atoms with Crippen molar-refractivity contribution in [2.24, 2.45) is 0 Å². The third-order valence-electron chi connectivity index (χ3n) is 4.76. The van der Waals surface area contributed by atoms with E-state index in [2.05, 4.69) is 22.2 Å².